The molecule has 122 valence electrons. The van der Waals surface area contributed by atoms with Gasteiger partial charge in [0.1, 0.15) is 6.10 Å². The lowest BCUT2D eigenvalue weighted by molar-refractivity contribution is -0.163. The Balaban J connectivity index is 2.06. The van der Waals surface area contributed by atoms with Gasteiger partial charge in [0.25, 0.3) is 0 Å². The van der Waals surface area contributed by atoms with Crippen LogP contribution in [0.5, 0.6) is 0 Å². The molecule has 1 aromatic carbocycles. The third-order valence-electron chi connectivity index (χ3n) is 4.13. The van der Waals surface area contributed by atoms with Gasteiger partial charge >= 0.3 is 5.97 Å². The maximum atomic E-state index is 12.5. The van der Waals surface area contributed by atoms with Gasteiger partial charge in [-0.25, -0.2) is 4.79 Å². The van der Waals surface area contributed by atoms with Gasteiger partial charge in [0, 0.05) is 0 Å². The molecule has 0 aliphatic heterocycles. The number of benzene rings is 1. The monoisotopic (exact) mass is 326 g/mol. The molecule has 5 nitrogen and oxygen atoms in total. The predicted octanol–water partition coefficient (Wildman–Crippen LogP) is 3.04. The normalized spacial score (nSPS) is 21.6. The number of ether oxygens (including phenoxy) is 1. The summed E-state index contributed by atoms with van der Waals surface area (Å²) in [6.45, 7) is 1.07. The lowest BCUT2D eigenvalue weighted by Crippen LogP contribution is -2.39. The molecule has 2 rings (SSSR count). The van der Waals surface area contributed by atoms with Crippen LogP contribution in [0.4, 0.5) is 0 Å². The van der Waals surface area contributed by atoms with Crippen LogP contribution in [0.25, 0.3) is 0 Å². The summed E-state index contributed by atoms with van der Waals surface area (Å²) in [4.78, 5) is 22.4. The molecule has 0 amide bonds. The fourth-order valence-electron chi connectivity index (χ4n) is 2.57. The van der Waals surface area contributed by atoms with Gasteiger partial charge < -0.3 is 14.7 Å². The van der Waals surface area contributed by atoms with Crippen LogP contribution in [0, 0.1) is 0 Å². The first-order chi connectivity index (χ1) is 10.3. The highest BCUT2D eigenvalue weighted by Gasteiger charge is 2.50. The highest BCUT2D eigenvalue weighted by atomic mass is 31.2. The fourth-order valence-corrected chi connectivity index (χ4v) is 3.93. The summed E-state index contributed by atoms with van der Waals surface area (Å²) in [7, 11) is -4.16. The van der Waals surface area contributed by atoms with E-state index in [1.807, 2.05) is 0 Å². The van der Waals surface area contributed by atoms with Crippen LogP contribution in [0.2, 0.25) is 0 Å². The predicted molar refractivity (Wildman–Crippen MR) is 83.6 cm³/mol. The maximum absolute atomic E-state index is 12.5. The van der Waals surface area contributed by atoms with E-state index >= 15 is 0 Å². The molecule has 1 aliphatic rings. The topological polar surface area (TPSA) is 83.8 Å². The van der Waals surface area contributed by atoms with Gasteiger partial charge in [-0.15, -0.1) is 0 Å². The molecular formula is C16H23O5P. The second-order valence-corrected chi connectivity index (χ2v) is 8.62. The zero-order valence-electron chi connectivity index (χ0n) is 12.8. The summed E-state index contributed by atoms with van der Waals surface area (Å²) in [5.41, 5.74) is 0.596. The largest absolute Gasteiger partial charge is 0.460 e. The molecule has 1 fully saturated rings. The number of hydrogen-bond acceptors (Lipinski definition) is 4. The molecule has 0 bridgehead atoms. The third-order valence-corrected chi connectivity index (χ3v) is 6.47. The summed E-state index contributed by atoms with van der Waals surface area (Å²) in [6, 6.07) is 8.65. The molecule has 2 N–H and O–H groups in total. The van der Waals surface area contributed by atoms with Gasteiger partial charge in [-0.05, 0) is 38.2 Å². The van der Waals surface area contributed by atoms with Gasteiger partial charge in [0.15, 0.2) is 0 Å². The Hall–Kier alpha value is -1.16. The summed E-state index contributed by atoms with van der Waals surface area (Å²) in [5, 5.41) is 7.93. The molecule has 1 aromatic rings. The summed E-state index contributed by atoms with van der Waals surface area (Å²) in [6.07, 6.45) is 4.02. The van der Waals surface area contributed by atoms with Crippen molar-refractivity contribution in [1.29, 1.82) is 0 Å². The standard InChI is InChI=1S/C16H23O5P/c1-16(18,15(17)21-14-10-6-3-7-11-14)22(19,20)12-13-8-4-2-5-9-13/h2,4-5,8-9,14,18H,3,6-7,10-12H2,1H3,(H,19,20). The van der Waals surface area contributed by atoms with E-state index < -0.39 is 18.7 Å². The van der Waals surface area contributed by atoms with Crippen LogP contribution in [-0.2, 0) is 20.3 Å². The van der Waals surface area contributed by atoms with E-state index in [1.54, 1.807) is 30.3 Å². The Morgan fingerprint density at radius 3 is 2.45 bits per heavy atom. The lowest BCUT2D eigenvalue weighted by Gasteiger charge is -2.30. The quantitative estimate of drug-likeness (QED) is 0.642. The lowest BCUT2D eigenvalue weighted by atomic mass is 9.98. The van der Waals surface area contributed by atoms with E-state index in [-0.39, 0.29) is 12.3 Å². The highest BCUT2D eigenvalue weighted by Crippen LogP contribution is 2.56. The molecule has 0 saturated heterocycles. The number of hydrogen-bond donors (Lipinski definition) is 2. The van der Waals surface area contributed by atoms with Crippen molar-refractivity contribution in [3.63, 3.8) is 0 Å². The van der Waals surface area contributed by atoms with Crippen LogP contribution < -0.4 is 0 Å². The molecule has 2 unspecified atom stereocenters. The zero-order valence-corrected chi connectivity index (χ0v) is 13.7. The van der Waals surface area contributed by atoms with E-state index in [4.69, 9.17) is 4.74 Å². The van der Waals surface area contributed by atoms with Crippen LogP contribution in [0.1, 0.15) is 44.6 Å². The van der Waals surface area contributed by atoms with Gasteiger partial charge in [-0.2, -0.15) is 0 Å². The highest BCUT2D eigenvalue weighted by molar-refractivity contribution is 7.59. The fraction of sp³-hybridized carbons (Fsp3) is 0.562. The molecule has 0 spiro atoms. The second-order valence-electron chi connectivity index (χ2n) is 6.03. The first-order valence-electron chi connectivity index (χ1n) is 7.62. The van der Waals surface area contributed by atoms with E-state index in [2.05, 4.69) is 0 Å². The molecule has 6 heteroatoms. The molecule has 1 aliphatic carbocycles. The van der Waals surface area contributed by atoms with Crippen LogP contribution in [0.3, 0.4) is 0 Å². The average molecular weight is 326 g/mol. The zero-order chi connectivity index (χ0) is 16.2. The molecular weight excluding hydrogens is 303 g/mol. The first kappa shape index (κ1) is 17.2. The van der Waals surface area contributed by atoms with E-state index in [9.17, 15) is 19.4 Å². The van der Waals surface area contributed by atoms with Gasteiger partial charge in [-0.1, -0.05) is 36.8 Å². The van der Waals surface area contributed by atoms with Gasteiger partial charge in [0.2, 0.25) is 12.7 Å². The first-order valence-corrected chi connectivity index (χ1v) is 9.47. The summed E-state index contributed by atoms with van der Waals surface area (Å²) in [5.74, 6) is -0.999. The van der Waals surface area contributed by atoms with Crippen molar-refractivity contribution < 1.29 is 24.1 Å². The smallest absolute Gasteiger partial charge is 0.348 e. The third kappa shape index (κ3) is 3.97. The van der Waals surface area contributed by atoms with E-state index in [0.29, 0.717) is 5.56 Å². The van der Waals surface area contributed by atoms with E-state index in [0.717, 1.165) is 39.0 Å². The molecule has 22 heavy (non-hydrogen) atoms. The molecule has 0 radical (unpaired) electrons. The van der Waals surface area contributed by atoms with Crippen molar-refractivity contribution in [1.82, 2.24) is 0 Å². The number of carbonyl (C=O) groups is 1. The summed E-state index contributed by atoms with van der Waals surface area (Å²) < 4.78 is 17.8. The van der Waals surface area contributed by atoms with Crippen LogP contribution in [-0.4, -0.2) is 27.4 Å². The van der Waals surface area contributed by atoms with Crippen molar-refractivity contribution in [2.24, 2.45) is 0 Å². The minimum absolute atomic E-state index is 0.260. The molecule has 0 aromatic heterocycles. The van der Waals surface area contributed by atoms with Crippen molar-refractivity contribution in [3.8, 4) is 0 Å². The maximum Gasteiger partial charge on any atom is 0.348 e. The van der Waals surface area contributed by atoms with Gasteiger partial charge in [-0.3, -0.25) is 4.57 Å². The Morgan fingerprint density at radius 1 is 1.27 bits per heavy atom. The average Bonchev–Trinajstić information content (AvgIpc) is 2.48. The molecule has 0 heterocycles. The number of esters is 1. The number of aliphatic hydroxyl groups is 1. The van der Waals surface area contributed by atoms with Crippen LogP contribution >= 0.6 is 7.37 Å². The summed E-state index contributed by atoms with van der Waals surface area (Å²) >= 11 is 0. The SMILES string of the molecule is CC(O)(C(=O)OC1CCCCC1)P(=O)(O)Cc1ccccc1. The Bertz CT molecular complexity index is 549. The van der Waals surface area contributed by atoms with Crippen LogP contribution in [0.15, 0.2) is 30.3 Å². The van der Waals surface area contributed by atoms with E-state index in [1.165, 1.54) is 0 Å². The van der Waals surface area contributed by atoms with Crippen molar-refractivity contribution in [2.75, 3.05) is 0 Å². The Morgan fingerprint density at radius 2 is 1.86 bits per heavy atom. The number of rotatable bonds is 5. The second kappa shape index (κ2) is 6.95. The molecule has 1 saturated carbocycles. The number of carbonyl (C=O) groups excluding carboxylic acids is 1. The molecule has 2 atom stereocenters. The van der Waals surface area contributed by atoms with Crippen molar-refractivity contribution in [2.45, 2.75) is 56.6 Å². The minimum Gasteiger partial charge on any atom is -0.460 e. The Kier molecular flexibility index (Phi) is 5.43. The van der Waals surface area contributed by atoms with Crippen molar-refractivity contribution in [3.05, 3.63) is 35.9 Å². The minimum atomic E-state index is -4.16. The van der Waals surface area contributed by atoms with Gasteiger partial charge in [0.05, 0.1) is 6.16 Å². The Labute approximate surface area is 130 Å². The van der Waals surface area contributed by atoms with Crippen molar-refractivity contribution >= 4 is 13.3 Å².